The second-order valence-electron chi connectivity index (χ2n) is 6.09. The van der Waals surface area contributed by atoms with Crippen molar-refractivity contribution in [3.05, 3.63) is 23.4 Å². The first-order chi connectivity index (χ1) is 10.5. The molecule has 0 spiro atoms. The molecule has 118 valence electrons. The van der Waals surface area contributed by atoms with Gasteiger partial charge in [-0.25, -0.2) is 4.98 Å². The van der Waals surface area contributed by atoms with Crippen molar-refractivity contribution >= 4 is 11.8 Å². The van der Waals surface area contributed by atoms with E-state index in [4.69, 9.17) is 9.47 Å². The topological polar surface area (TPSA) is 85.7 Å². The molecule has 3 rings (SSSR count). The molecule has 6 nitrogen and oxygen atoms in total. The maximum Gasteiger partial charge on any atom is 0.323 e. The molecule has 22 heavy (non-hydrogen) atoms. The van der Waals surface area contributed by atoms with Crippen LogP contribution in [0.15, 0.2) is 12.1 Å². The van der Waals surface area contributed by atoms with Gasteiger partial charge in [-0.2, -0.15) is 0 Å². The molecule has 2 bridgehead atoms. The molecule has 0 amide bonds. The highest BCUT2D eigenvalue weighted by Crippen LogP contribution is 2.48. The largest absolute Gasteiger partial charge is 0.481 e. The molecule has 1 saturated carbocycles. The van der Waals surface area contributed by atoms with E-state index in [9.17, 15) is 14.7 Å². The lowest BCUT2D eigenvalue weighted by Crippen LogP contribution is -2.60. The Morgan fingerprint density at radius 2 is 2.14 bits per heavy atom. The second kappa shape index (κ2) is 5.05. The van der Waals surface area contributed by atoms with Crippen LogP contribution in [0.4, 0.5) is 0 Å². The molecule has 0 radical (unpaired) electrons. The summed E-state index contributed by atoms with van der Waals surface area (Å²) in [4.78, 5) is 29.8. The Kier molecular flexibility index (Phi) is 3.44. The van der Waals surface area contributed by atoms with Crippen molar-refractivity contribution in [2.45, 2.75) is 31.3 Å². The molecular formula is C16H19NO5. The number of pyridine rings is 1. The number of ketones is 1. The first kappa shape index (κ1) is 15.0. The predicted molar refractivity (Wildman–Crippen MR) is 76.5 cm³/mol. The average molecular weight is 305 g/mol. The highest BCUT2D eigenvalue weighted by molar-refractivity contribution is 6.12. The van der Waals surface area contributed by atoms with E-state index in [1.54, 1.807) is 12.1 Å². The van der Waals surface area contributed by atoms with Crippen LogP contribution in [0.2, 0.25) is 0 Å². The highest BCUT2D eigenvalue weighted by Gasteiger charge is 2.61. The normalized spacial score (nSPS) is 33.1. The number of hydrogen-bond donors (Lipinski definition) is 1. The third kappa shape index (κ3) is 1.80. The first-order valence-electron chi connectivity index (χ1n) is 7.31. The monoisotopic (exact) mass is 305 g/mol. The minimum atomic E-state index is -1.36. The van der Waals surface area contributed by atoms with E-state index >= 15 is 0 Å². The van der Waals surface area contributed by atoms with Crippen molar-refractivity contribution in [3.63, 3.8) is 0 Å². The number of aromatic nitrogens is 1. The van der Waals surface area contributed by atoms with Gasteiger partial charge in [-0.3, -0.25) is 9.59 Å². The van der Waals surface area contributed by atoms with E-state index in [1.165, 1.54) is 14.2 Å². The van der Waals surface area contributed by atoms with Gasteiger partial charge in [0, 0.05) is 12.5 Å². The fourth-order valence-electron chi connectivity index (χ4n) is 3.84. The van der Waals surface area contributed by atoms with Crippen molar-refractivity contribution in [3.8, 4) is 5.88 Å². The van der Waals surface area contributed by atoms with E-state index in [-0.39, 0.29) is 18.1 Å². The van der Waals surface area contributed by atoms with E-state index < -0.39 is 23.4 Å². The zero-order chi connectivity index (χ0) is 16.1. The summed E-state index contributed by atoms with van der Waals surface area (Å²) in [5.74, 6) is -1.21. The molecule has 0 saturated heterocycles. The van der Waals surface area contributed by atoms with Gasteiger partial charge in [-0.1, -0.05) is 13.0 Å². The van der Waals surface area contributed by atoms with Crippen LogP contribution in [0.3, 0.4) is 0 Å². The van der Waals surface area contributed by atoms with Crippen LogP contribution in [0.25, 0.3) is 0 Å². The fourth-order valence-corrected chi connectivity index (χ4v) is 3.84. The summed E-state index contributed by atoms with van der Waals surface area (Å²) in [5.41, 5.74) is -0.147. The Balaban J connectivity index is 2.24. The van der Waals surface area contributed by atoms with Crippen LogP contribution in [-0.4, -0.2) is 42.2 Å². The Morgan fingerprint density at radius 3 is 2.77 bits per heavy atom. The van der Waals surface area contributed by atoms with Crippen molar-refractivity contribution in [2.75, 3.05) is 14.2 Å². The summed E-state index contributed by atoms with van der Waals surface area (Å²) in [6.45, 7) is 1.85. The molecule has 4 unspecified atom stereocenters. The number of aliphatic hydroxyl groups excluding tert-OH is 1. The molecule has 1 fully saturated rings. The summed E-state index contributed by atoms with van der Waals surface area (Å²) in [6, 6.07) is 3.36. The van der Waals surface area contributed by atoms with Gasteiger partial charge in [0.2, 0.25) is 5.88 Å². The Morgan fingerprint density at radius 1 is 1.41 bits per heavy atom. The quantitative estimate of drug-likeness (QED) is 0.637. The number of aliphatic hydroxyl groups is 1. The number of carbonyl (C=O) groups is 2. The molecule has 2 aliphatic carbocycles. The van der Waals surface area contributed by atoms with Gasteiger partial charge < -0.3 is 14.6 Å². The van der Waals surface area contributed by atoms with Crippen molar-refractivity contribution in [1.29, 1.82) is 0 Å². The Bertz CT molecular complexity index is 643. The number of methoxy groups -OCH3 is 2. The zero-order valence-electron chi connectivity index (χ0n) is 12.8. The summed E-state index contributed by atoms with van der Waals surface area (Å²) >= 11 is 0. The predicted octanol–water partition coefficient (Wildman–Crippen LogP) is 0.643. The maximum atomic E-state index is 12.9. The summed E-state index contributed by atoms with van der Waals surface area (Å²) < 4.78 is 10.1. The van der Waals surface area contributed by atoms with E-state index in [0.717, 1.165) is 0 Å². The summed E-state index contributed by atoms with van der Waals surface area (Å²) in [5, 5.41) is 10.3. The molecule has 1 N–H and O–H groups in total. The lowest BCUT2D eigenvalue weighted by atomic mass is 9.56. The number of nitrogens with zero attached hydrogens (tertiary/aromatic N) is 1. The lowest BCUT2D eigenvalue weighted by Gasteiger charge is -2.46. The van der Waals surface area contributed by atoms with E-state index in [0.29, 0.717) is 23.6 Å². The Hall–Kier alpha value is -1.95. The smallest absolute Gasteiger partial charge is 0.323 e. The summed E-state index contributed by atoms with van der Waals surface area (Å²) in [7, 11) is 2.79. The molecule has 0 aliphatic heterocycles. The SMILES string of the molecule is COC(=O)C12CC(C)C(O)C(Cc3nc(OC)ccc31)C2=O. The maximum absolute atomic E-state index is 12.9. The van der Waals surface area contributed by atoms with Crippen molar-refractivity contribution in [1.82, 2.24) is 4.98 Å². The molecular weight excluding hydrogens is 286 g/mol. The zero-order valence-corrected chi connectivity index (χ0v) is 12.8. The van der Waals surface area contributed by atoms with Gasteiger partial charge in [0.25, 0.3) is 0 Å². The van der Waals surface area contributed by atoms with Crippen LogP contribution in [0.1, 0.15) is 24.6 Å². The molecule has 4 atom stereocenters. The van der Waals surface area contributed by atoms with Gasteiger partial charge in [0.05, 0.1) is 31.9 Å². The van der Waals surface area contributed by atoms with E-state index in [2.05, 4.69) is 4.98 Å². The first-order valence-corrected chi connectivity index (χ1v) is 7.31. The van der Waals surface area contributed by atoms with Crippen LogP contribution in [0.5, 0.6) is 5.88 Å². The third-order valence-electron chi connectivity index (χ3n) is 4.95. The van der Waals surface area contributed by atoms with Gasteiger partial charge in [0.1, 0.15) is 0 Å². The minimum Gasteiger partial charge on any atom is -0.481 e. The lowest BCUT2D eigenvalue weighted by molar-refractivity contribution is -0.161. The van der Waals surface area contributed by atoms with Gasteiger partial charge in [-0.15, -0.1) is 0 Å². The minimum absolute atomic E-state index is 0.169. The standard InChI is InChI=1S/C16H19NO5/c1-8-7-16(15(20)22-3)10-4-5-12(21-2)17-11(10)6-9(13(8)18)14(16)19/h4-5,8-9,13,18H,6-7H2,1-3H3. The van der Waals surface area contributed by atoms with E-state index in [1.807, 2.05) is 6.92 Å². The number of carbonyl (C=O) groups excluding carboxylic acids is 2. The average Bonchev–Trinajstić information content (AvgIpc) is 2.53. The molecule has 1 aromatic rings. The summed E-state index contributed by atoms with van der Waals surface area (Å²) in [6.07, 6.45) is -0.223. The van der Waals surface area contributed by atoms with Gasteiger partial charge in [0.15, 0.2) is 11.2 Å². The number of rotatable bonds is 2. The molecule has 2 aliphatic rings. The van der Waals surface area contributed by atoms with Crippen LogP contribution in [0, 0.1) is 11.8 Å². The third-order valence-corrected chi connectivity index (χ3v) is 4.95. The second-order valence-corrected chi connectivity index (χ2v) is 6.09. The number of Topliss-reactive ketones (excluding diaryl/α,β-unsaturated/α-hetero) is 1. The Labute approximate surface area is 128 Å². The van der Waals surface area contributed by atoms with Crippen molar-refractivity contribution < 1.29 is 24.2 Å². The van der Waals surface area contributed by atoms with Crippen LogP contribution < -0.4 is 4.74 Å². The number of esters is 1. The molecule has 1 heterocycles. The number of hydrogen-bond acceptors (Lipinski definition) is 6. The van der Waals surface area contributed by atoms with Gasteiger partial charge >= 0.3 is 5.97 Å². The number of ether oxygens (including phenoxy) is 2. The number of fused-ring (bicyclic) bond motifs is 4. The molecule has 0 aromatic carbocycles. The molecule has 1 aromatic heterocycles. The fraction of sp³-hybridized carbons (Fsp3) is 0.562. The van der Waals surface area contributed by atoms with Crippen LogP contribution in [-0.2, 0) is 26.2 Å². The molecule has 6 heteroatoms. The highest BCUT2D eigenvalue weighted by atomic mass is 16.5. The van der Waals surface area contributed by atoms with Gasteiger partial charge in [-0.05, 0) is 17.9 Å². The van der Waals surface area contributed by atoms with Crippen LogP contribution >= 0.6 is 0 Å². The van der Waals surface area contributed by atoms with Crippen molar-refractivity contribution in [2.24, 2.45) is 11.8 Å².